The predicted octanol–water partition coefficient (Wildman–Crippen LogP) is 3.56. The van der Waals surface area contributed by atoms with Crippen LogP contribution in [0.1, 0.15) is 28.8 Å². The summed E-state index contributed by atoms with van der Waals surface area (Å²) in [5, 5.41) is 3.14. The number of carbonyl (C=O) groups excluding carboxylic acids is 1. The number of amides is 1. The lowest BCUT2D eigenvalue weighted by molar-refractivity contribution is 0.0792. The highest BCUT2D eigenvalue weighted by Gasteiger charge is 2.21. The minimum Gasteiger partial charge on any atom is -0.497 e. The van der Waals surface area contributed by atoms with Crippen molar-refractivity contribution in [3.8, 4) is 5.75 Å². The van der Waals surface area contributed by atoms with Crippen LogP contribution in [0.15, 0.2) is 57.9 Å². The summed E-state index contributed by atoms with van der Waals surface area (Å²) in [5.41, 5.74) is 5.96. The fourth-order valence-electron chi connectivity index (χ4n) is 3.94. The maximum Gasteiger partial charge on any atom is 0.439 e. The number of oxazole rings is 1. The van der Waals surface area contributed by atoms with E-state index >= 15 is 0 Å². The van der Waals surface area contributed by atoms with E-state index < -0.39 is 5.76 Å². The molecule has 0 saturated carbocycles. The number of benzene rings is 2. The van der Waals surface area contributed by atoms with Crippen LogP contribution >= 0.6 is 0 Å². The number of carbonyl (C=O) groups is 1. The molecule has 0 radical (unpaired) electrons. The number of hydrogen-bond donors (Lipinski definition) is 2. The van der Waals surface area contributed by atoms with Gasteiger partial charge in [0.25, 0.3) is 5.91 Å². The molecule has 1 amide bonds. The smallest absolute Gasteiger partial charge is 0.439 e. The summed E-state index contributed by atoms with van der Waals surface area (Å²) in [6, 6.07) is 12.4. The molecule has 1 aliphatic rings. The molecule has 1 saturated heterocycles. The van der Waals surface area contributed by atoms with Gasteiger partial charge in [-0.25, -0.2) is 9.78 Å². The second-order valence-corrected chi connectivity index (χ2v) is 8.08. The van der Waals surface area contributed by atoms with Crippen molar-refractivity contribution in [2.75, 3.05) is 30.9 Å². The molecule has 5 rings (SSSR count). The highest BCUT2D eigenvalue weighted by atomic mass is 16.5. The summed E-state index contributed by atoms with van der Waals surface area (Å²) in [7, 11) is 1.56. The third-order valence-electron chi connectivity index (χ3n) is 5.71. The number of nitrogens with one attached hydrogen (secondary N) is 2. The maximum atomic E-state index is 12.9. The first-order chi connectivity index (χ1) is 16.5. The molecular formula is C24H24N6O4. The molecule has 2 N–H and O–H groups in total. The number of fused-ring (bicyclic) bond motifs is 1. The Labute approximate surface area is 195 Å². The van der Waals surface area contributed by atoms with Crippen LogP contribution in [0.3, 0.4) is 0 Å². The number of nitrogens with zero attached hydrogens (tertiary/aromatic N) is 4. The molecule has 0 atom stereocenters. The van der Waals surface area contributed by atoms with E-state index in [-0.39, 0.29) is 5.91 Å². The summed E-state index contributed by atoms with van der Waals surface area (Å²) in [4.78, 5) is 35.9. The number of aryl methyl sites for hydroxylation is 1. The van der Waals surface area contributed by atoms with Gasteiger partial charge in [-0.3, -0.25) is 10.2 Å². The number of aromatic nitrogens is 3. The van der Waals surface area contributed by atoms with Crippen LogP contribution in [0.25, 0.3) is 11.1 Å². The first-order valence-corrected chi connectivity index (χ1v) is 11.0. The summed E-state index contributed by atoms with van der Waals surface area (Å²) in [5.74, 6) is 0.697. The van der Waals surface area contributed by atoms with Crippen LogP contribution in [0.5, 0.6) is 5.75 Å². The Morgan fingerprint density at radius 1 is 1.15 bits per heavy atom. The van der Waals surface area contributed by atoms with E-state index in [1.165, 1.54) is 4.68 Å². The highest BCUT2D eigenvalue weighted by Crippen LogP contribution is 2.26. The molecule has 10 heteroatoms. The van der Waals surface area contributed by atoms with Gasteiger partial charge >= 0.3 is 5.76 Å². The average molecular weight is 460 g/mol. The van der Waals surface area contributed by atoms with Gasteiger partial charge in [0.05, 0.1) is 7.11 Å². The van der Waals surface area contributed by atoms with Crippen molar-refractivity contribution in [1.82, 2.24) is 19.5 Å². The topological polar surface area (TPSA) is 115 Å². The molecule has 4 aromatic rings. The molecule has 1 fully saturated rings. The molecule has 34 heavy (non-hydrogen) atoms. The zero-order valence-corrected chi connectivity index (χ0v) is 18.9. The molecule has 3 heterocycles. The Morgan fingerprint density at radius 2 is 1.94 bits per heavy atom. The lowest BCUT2D eigenvalue weighted by atomic mass is 10.1. The maximum absolute atomic E-state index is 12.9. The molecule has 0 aliphatic carbocycles. The molecule has 10 nitrogen and oxygen atoms in total. The van der Waals surface area contributed by atoms with Gasteiger partial charge in [0, 0.05) is 42.2 Å². The molecule has 0 bridgehead atoms. The highest BCUT2D eigenvalue weighted by molar-refractivity contribution is 5.96. The van der Waals surface area contributed by atoms with E-state index in [0.29, 0.717) is 39.9 Å². The van der Waals surface area contributed by atoms with Crippen molar-refractivity contribution in [1.29, 1.82) is 0 Å². The average Bonchev–Trinajstić information content (AvgIpc) is 3.49. The standard InChI is InChI=1S/C24H24N6O4/c1-15-14-25-23(27-21(15)28-30-19-7-3-4-8-20(19)34-24(30)32)26-17-11-16(12-18(13-17)33-2)22(31)29-9-5-6-10-29/h3-4,7-8,11-14H,5-6,9-10H2,1-2H3,(H2,25,26,27,28). The summed E-state index contributed by atoms with van der Waals surface area (Å²) >= 11 is 0. The van der Waals surface area contributed by atoms with Crippen LogP contribution in [-0.2, 0) is 0 Å². The van der Waals surface area contributed by atoms with Gasteiger partial charge in [0.2, 0.25) is 5.95 Å². The monoisotopic (exact) mass is 460 g/mol. The Hall–Kier alpha value is -4.34. The van der Waals surface area contributed by atoms with E-state index in [2.05, 4.69) is 20.7 Å². The minimum absolute atomic E-state index is 0.0298. The summed E-state index contributed by atoms with van der Waals surface area (Å²) < 4.78 is 12.0. The number of anilines is 3. The van der Waals surface area contributed by atoms with Gasteiger partial charge in [0.15, 0.2) is 11.4 Å². The molecule has 2 aromatic carbocycles. The second kappa shape index (κ2) is 8.89. The van der Waals surface area contributed by atoms with E-state index in [0.717, 1.165) is 31.5 Å². The number of para-hydroxylation sites is 2. The second-order valence-electron chi connectivity index (χ2n) is 8.08. The van der Waals surface area contributed by atoms with Gasteiger partial charge in [-0.2, -0.15) is 9.66 Å². The largest absolute Gasteiger partial charge is 0.497 e. The van der Waals surface area contributed by atoms with Crippen molar-refractivity contribution in [2.45, 2.75) is 19.8 Å². The van der Waals surface area contributed by atoms with Gasteiger partial charge in [0.1, 0.15) is 11.3 Å². The quantitative estimate of drug-likeness (QED) is 0.449. The normalized spacial score (nSPS) is 13.3. The van der Waals surface area contributed by atoms with Crippen molar-refractivity contribution in [3.63, 3.8) is 0 Å². The Kier molecular flexibility index (Phi) is 5.62. The number of methoxy groups -OCH3 is 1. The SMILES string of the molecule is COc1cc(Nc2ncc(C)c(Nn3c(=O)oc4ccccc43)n2)cc(C(=O)N2CCCC2)c1. The van der Waals surface area contributed by atoms with E-state index in [9.17, 15) is 9.59 Å². The van der Waals surface area contributed by atoms with Crippen LogP contribution in [0.4, 0.5) is 17.5 Å². The van der Waals surface area contributed by atoms with Crippen LogP contribution in [0.2, 0.25) is 0 Å². The lowest BCUT2D eigenvalue weighted by Crippen LogP contribution is -2.27. The number of rotatable bonds is 6. The number of ether oxygens (including phenoxy) is 1. The Bertz CT molecular complexity index is 1420. The predicted molar refractivity (Wildman–Crippen MR) is 128 cm³/mol. The molecule has 2 aromatic heterocycles. The van der Waals surface area contributed by atoms with Crippen molar-refractivity contribution < 1.29 is 13.9 Å². The van der Waals surface area contributed by atoms with Crippen LogP contribution < -0.4 is 21.2 Å². The van der Waals surface area contributed by atoms with E-state index in [1.54, 1.807) is 49.7 Å². The van der Waals surface area contributed by atoms with Gasteiger partial charge in [-0.1, -0.05) is 12.1 Å². The van der Waals surface area contributed by atoms with Gasteiger partial charge in [-0.15, -0.1) is 0 Å². The van der Waals surface area contributed by atoms with Crippen LogP contribution in [0, 0.1) is 6.92 Å². The van der Waals surface area contributed by atoms with Gasteiger partial charge in [-0.05, 0) is 44.0 Å². The van der Waals surface area contributed by atoms with Crippen molar-refractivity contribution >= 4 is 34.5 Å². The van der Waals surface area contributed by atoms with Gasteiger partial charge < -0.3 is 19.4 Å². The third-order valence-corrected chi connectivity index (χ3v) is 5.71. The molecule has 174 valence electrons. The molecule has 0 unspecified atom stereocenters. The molecule has 1 aliphatic heterocycles. The number of hydrogen-bond acceptors (Lipinski definition) is 8. The van der Waals surface area contributed by atoms with Crippen molar-refractivity contribution in [3.05, 3.63) is 70.3 Å². The molecular weight excluding hydrogens is 436 g/mol. The first kappa shape index (κ1) is 21.5. The summed E-state index contributed by atoms with van der Waals surface area (Å²) in [6.07, 6.45) is 3.67. The fourth-order valence-corrected chi connectivity index (χ4v) is 3.94. The Balaban J connectivity index is 1.43. The van der Waals surface area contributed by atoms with E-state index in [1.807, 2.05) is 17.9 Å². The fraction of sp³-hybridized carbons (Fsp3) is 0.250. The van der Waals surface area contributed by atoms with Crippen LogP contribution in [-0.4, -0.2) is 45.7 Å². The zero-order valence-electron chi connectivity index (χ0n) is 18.9. The molecule has 0 spiro atoms. The Morgan fingerprint density at radius 3 is 2.74 bits per heavy atom. The van der Waals surface area contributed by atoms with E-state index in [4.69, 9.17) is 9.15 Å². The first-order valence-electron chi connectivity index (χ1n) is 11.0. The summed E-state index contributed by atoms with van der Waals surface area (Å²) in [6.45, 7) is 3.35. The third kappa shape index (κ3) is 4.17. The number of likely N-dealkylation sites (tertiary alicyclic amines) is 1. The minimum atomic E-state index is -0.549. The lowest BCUT2D eigenvalue weighted by Gasteiger charge is -2.17. The zero-order chi connectivity index (χ0) is 23.7. The van der Waals surface area contributed by atoms with Crippen molar-refractivity contribution in [2.24, 2.45) is 0 Å².